The molecule has 0 radical (unpaired) electrons. The summed E-state index contributed by atoms with van der Waals surface area (Å²) in [5.41, 5.74) is 0.693. The van der Waals surface area contributed by atoms with E-state index in [1.54, 1.807) is 18.0 Å². The quantitative estimate of drug-likeness (QED) is 0.890. The molecule has 1 aromatic rings. The number of carbonyl (C=O) groups is 2. The van der Waals surface area contributed by atoms with Crippen LogP contribution in [0.15, 0.2) is 24.3 Å². The van der Waals surface area contributed by atoms with Gasteiger partial charge < -0.3 is 19.9 Å². The summed E-state index contributed by atoms with van der Waals surface area (Å²) in [6.07, 6.45) is 0.0721. The predicted molar refractivity (Wildman–Crippen MR) is 87.6 cm³/mol. The summed E-state index contributed by atoms with van der Waals surface area (Å²) < 4.78 is 5.49. The molecule has 6 nitrogen and oxygen atoms in total. The molecule has 2 heterocycles. The van der Waals surface area contributed by atoms with Gasteiger partial charge in [0.25, 0.3) is 5.91 Å². The van der Waals surface area contributed by atoms with Crippen LogP contribution in [0, 0.1) is 0 Å². The Balaban J connectivity index is 1.71. The maximum absolute atomic E-state index is 12.7. The van der Waals surface area contributed by atoms with Crippen molar-refractivity contribution in [3.8, 4) is 0 Å². The van der Waals surface area contributed by atoms with Gasteiger partial charge >= 0.3 is 0 Å². The van der Waals surface area contributed by atoms with E-state index in [9.17, 15) is 9.59 Å². The Morgan fingerprint density at radius 1 is 1.43 bits per heavy atom. The first-order valence-corrected chi connectivity index (χ1v) is 8.12. The number of para-hydroxylation sites is 1. The van der Waals surface area contributed by atoms with Crippen LogP contribution in [0.3, 0.4) is 0 Å². The molecule has 2 saturated heterocycles. The van der Waals surface area contributed by atoms with Crippen LogP contribution >= 0.6 is 11.6 Å². The van der Waals surface area contributed by atoms with Gasteiger partial charge in [0, 0.05) is 26.7 Å². The lowest BCUT2D eigenvalue weighted by Gasteiger charge is -2.30. The molecule has 23 heavy (non-hydrogen) atoms. The van der Waals surface area contributed by atoms with Gasteiger partial charge in [0.2, 0.25) is 5.91 Å². The van der Waals surface area contributed by atoms with Crippen LogP contribution in [0.2, 0.25) is 5.02 Å². The number of nitrogens with zero attached hydrogens (tertiary/aromatic N) is 2. The average Bonchev–Trinajstić information content (AvgIpc) is 2.96. The minimum Gasteiger partial charge on any atom is -0.366 e. The standard InChI is InChI=1S/C16H20ClN3O3/c1-19(16(22)14-10-18-7-9-23-14)13-6-8-20(15(13)21)12-5-3-2-4-11(12)17/h2-5,13-14,18H,6-10H2,1H3. The number of rotatable bonds is 3. The van der Waals surface area contributed by atoms with Crippen molar-refractivity contribution < 1.29 is 14.3 Å². The third kappa shape index (κ3) is 3.20. The Hall–Kier alpha value is -1.63. The van der Waals surface area contributed by atoms with Gasteiger partial charge in [-0.2, -0.15) is 0 Å². The van der Waals surface area contributed by atoms with Crippen molar-refractivity contribution >= 4 is 29.1 Å². The van der Waals surface area contributed by atoms with E-state index in [-0.39, 0.29) is 11.8 Å². The van der Waals surface area contributed by atoms with Crippen molar-refractivity contribution in [3.05, 3.63) is 29.3 Å². The van der Waals surface area contributed by atoms with E-state index in [1.807, 2.05) is 18.2 Å². The molecule has 2 unspecified atom stereocenters. The molecule has 0 aliphatic carbocycles. The molecule has 2 atom stereocenters. The fourth-order valence-electron chi connectivity index (χ4n) is 3.04. The highest BCUT2D eigenvalue weighted by molar-refractivity contribution is 6.34. The number of hydrogen-bond donors (Lipinski definition) is 1. The van der Waals surface area contributed by atoms with Gasteiger partial charge in [-0.25, -0.2) is 0 Å². The van der Waals surface area contributed by atoms with Gasteiger partial charge in [-0.05, 0) is 18.6 Å². The number of amides is 2. The van der Waals surface area contributed by atoms with Crippen molar-refractivity contribution in [2.75, 3.05) is 38.2 Å². The summed E-state index contributed by atoms with van der Waals surface area (Å²) in [7, 11) is 1.67. The largest absolute Gasteiger partial charge is 0.366 e. The summed E-state index contributed by atoms with van der Waals surface area (Å²) in [4.78, 5) is 28.4. The van der Waals surface area contributed by atoms with Gasteiger partial charge in [0.15, 0.2) is 0 Å². The van der Waals surface area contributed by atoms with Crippen LogP contribution in [-0.2, 0) is 14.3 Å². The molecule has 7 heteroatoms. The Bertz CT molecular complexity index is 604. The van der Waals surface area contributed by atoms with E-state index in [1.165, 1.54) is 4.90 Å². The summed E-state index contributed by atoms with van der Waals surface area (Å²) in [6, 6.07) is 6.78. The molecule has 1 N–H and O–H groups in total. The van der Waals surface area contributed by atoms with Gasteiger partial charge in [-0.1, -0.05) is 23.7 Å². The number of carbonyl (C=O) groups excluding carboxylic acids is 2. The number of anilines is 1. The summed E-state index contributed by atoms with van der Waals surface area (Å²) in [5.74, 6) is -0.255. The molecular weight excluding hydrogens is 318 g/mol. The second kappa shape index (κ2) is 6.86. The number of ether oxygens (including phenoxy) is 1. The molecule has 2 aliphatic rings. The van der Waals surface area contributed by atoms with Crippen LogP contribution in [0.5, 0.6) is 0 Å². The van der Waals surface area contributed by atoms with Gasteiger partial charge in [-0.15, -0.1) is 0 Å². The summed E-state index contributed by atoms with van der Waals surface area (Å²) in [5, 5.41) is 3.67. The van der Waals surface area contributed by atoms with Crippen molar-refractivity contribution in [1.82, 2.24) is 10.2 Å². The van der Waals surface area contributed by atoms with Crippen LogP contribution < -0.4 is 10.2 Å². The summed E-state index contributed by atoms with van der Waals surface area (Å²) in [6.45, 7) is 2.29. The number of morpholine rings is 1. The number of benzene rings is 1. The Labute approximate surface area is 140 Å². The number of nitrogens with one attached hydrogen (secondary N) is 1. The second-order valence-electron chi connectivity index (χ2n) is 5.76. The average molecular weight is 338 g/mol. The van der Waals surface area contributed by atoms with Crippen LogP contribution in [0.4, 0.5) is 5.69 Å². The first-order valence-electron chi connectivity index (χ1n) is 7.74. The third-order valence-electron chi connectivity index (χ3n) is 4.34. The highest BCUT2D eigenvalue weighted by Crippen LogP contribution is 2.30. The van der Waals surface area contributed by atoms with Crippen molar-refractivity contribution in [3.63, 3.8) is 0 Å². The molecule has 0 saturated carbocycles. The van der Waals surface area contributed by atoms with Crippen LogP contribution in [0.1, 0.15) is 6.42 Å². The Morgan fingerprint density at radius 2 is 2.22 bits per heavy atom. The zero-order valence-electron chi connectivity index (χ0n) is 13.0. The van der Waals surface area contributed by atoms with Gasteiger partial charge in [0.05, 0.1) is 17.3 Å². The van der Waals surface area contributed by atoms with E-state index in [0.717, 1.165) is 6.54 Å². The molecule has 0 spiro atoms. The third-order valence-corrected chi connectivity index (χ3v) is 4.66. The van der Waals surface area contributed by atoms with Crippen LogP contribution in [0.25, 0.3) is 0 Å². The molecule has 2 aliphatic heterocycles. The molecule has 2 fully saturated rings. The lowest BCUT2D eigenvalue weighted by Crippen LogP contribution is -2.52. The predicted octanol–water partition coefficient (Wildman–Crippen LogP) is 0.892. The maximum Gasteiger partial charge on any atom is 0.253 e. The first-order chi connectivity index (χ1) is 11.1. The minimum atomic E-state index is -0.518. The highest BCUT2D eigenvalue weighted by Gasteiger charge is 2.39. The molecule has 0 aromatic heterocycles. The zero-order chi connectivity index (χ0) is 16.4. The first kappa shape index (κ1) is 16.2. The fraction of sp³-hybridized carbons (Fsp3) is 0.500. The van der Waals surface area contributed by atoms with Crippen LogP contribution in [-0.4, -0.2) is 62.1 Å². The molecular formula is C16H20ClN3O3. The Morgan fingerprint density at radius 3 is 2.91 bits per heavy atom. The fourth-order valence-corrected chi connectivity index (χ4v) is 3.28. The molecule has 3 rings (SSSR count). The van der Waals surface area contributed by atoms with Gasteiger partial charge in [-0.3, -0.25) is 9.59 Å². The zero-order valence-corrected chi connectivity index (χ0v) is 13.8. The maximum atomic E-state index is 12.7. The molecule has 0 bridgehead atoms. The number of halogens is 1. The van der Waals surface area contributed by atoms with E-state index in [4.69, 9.17) is 16.3 Å². The van der Waals surface area contributed by atoms with E-state index in [0.29, 0.717) is 36.8 Å². The van der Waals surface area contributed by atoms with Crippen molar-refractivity contribution in [1.29, 1.82) is 0 Å². The van der Waals surface area contributed by atoms with E-state index in [2.05, 4.69) is 5.32 Å². The SMILES string of the molecule is CN(C(=O)C1CNCCO1)C1CCN(c2ccccc2Cl)C1=O. The van der Waals surface area contributed by atoms with E-state index >= 15 is 0 Å². The summed E-state index contributed by atoms with van der Waals surface area (Å²) >= 11 is 6.18. The molecule has 2 amide bonds. The lowest BCUT2D eigenvalue weighted by molar-refractivity contribution is -0.148. The normalized spacial score (nSPS) is 24.8. The molecule has 124 valence electrons. The van der Waals surface area contributed by atoms with Crippen molar-refractivity contribution in [2.24, 2.45) is 0 Å². The Kier molecular flexibility index (Phi) is 4.84. The minimum absolute atomic E-state index is 0.0993. The van der Waals surface area contributed by atoms with Gasteiger partial charge in [0.1, 0.15) is 12.1 Å². The van der Waals surface area contributed by atoms with E-state index < -0.39 is 12.1 Å². The topological polar surface area (TPSA) is 61.9 Å². The molecule has 1 aromatic carbocycles. The second-order valence-corrected chi connectivity index (χ2v) is 6.17. The highest BCUT2D eigenvalue weighted by atomic mass is 35.5. The van der Waals surface area contributed by atoms with Crippen molar-refractivity contribution in [2.45, 2.75) is 18.6 Å². The monoisotopic (exact) mass is 337 g/mol. The smallest absolute Gasteiger partial charge is 0.253 e. The lowest BCUT2D eigenvalue weighted by atomic mass is 10.2. The number of hydrogen-bond acceptors (Lipinski definition) is 4. The number of likely N-dealkylation sites (N-methyl/N-ethyl adjacent to an activating group) is 1.